The molecule has 1 aliphatic rings. The Bertz CT molecular complexity index is 697. The first kappa shape index (κ1) is 18.2. The number of hydrogen-bond donors (Lipinski definition) is 1. The van der Waals surface area contributed by atoms with Crippen molar-refractivity contribution in [2.45, 2.75) is 59.2 Å². The van der Waals surface area contributed by atoms with Gasteiger partial charge in [0.25, 0.3) is 0 Å². The van der Waals surface area contributed by atoms with Gasteiger partial charge < -0.3 is 5.11 Å². The number of hydrogen-bond acceptors (Lipinski definition) is 3. The van der Waals surface area contributed by atoms with E-state index in [0.29, 0.717) is 5.92 Å². The van der Waals surface area contributed by atoms with Crippen LogP contribution in [0.4, 0.5) is 0 Å². The van der Waals surface area contributed by atoms with Crippen molar-refractivity contribution in [3.63, 3.8) is 0 Å². The van der Waals surface area contributed by atoms with Gasteiger partial charge in [-0.05, 0) is 70.2 Å². The number of rotatable bonds is 5. The van der Waals surface area contributed by atoms with E-state index in [4.69, 9.17) is 0 Å². The van der Waals surface area contributed by atoms with Crippen molar-refractivity contribution in [2.24, 2.45) is 5.92 Å². The smallest absolute Gasteiger partial charge is 0.0662 e. The highest BCUT2D eigenvalue weighted by Gasteiger charge is 2.31. The largest absolute Gasteiger partial charge is 0.390 e. The van der Waals surface area contributed by atoms with Crippen molar-refractivity contribution in [1.29, 1.82) is 0 Å². The van der Waals surface area contributed by atoms with Gasteiger partial charge in [-0.2, -0.15) is 5.10 Å². The van der Waals surface area contributed by atoms with Crippen LogP contribution in [0.3, 0.4) is 0 Å². The molecule has 1 N–H and O–H groups in total. The molecule has 0 aliphatic carbocycles. The molecule has 1 saturated heterocycles. The summed E-state index contributed by atoms with van der Waals surface area (Å²) in [7, 11) is 0. The zero-order valence-electron chi connectivity index (χ0n) is 16.0. The molecule has 1 unspecified atom stereocenters. The van der Waals surface area contributed by atoms with Crippen LogP contribution in [-0.2, 0) is 13.1 Å². The molecule has 0 bridgehead atoms. The van der Waals surface area contributed by atoms with E-state index >= 15 is 0 Å². The second kappa shape index (κ2) is 7.30. The Morgan fingerprint density at radius 1 is 1.12 bits per heavy atom. The Labute approximate surface area is 151 Å². The summed E-state index contributed by atoms with van der Waals surface area (Å²) in [5, 5.41) is 14.8. The van der Waals surface area contributed by atoms with Crippen LogP contribution >= 0.6 is 0 Å². The molecule has 0 saturated carbocycles. The minimum atomic E-state index is -0.581. The molecule has 2 heterocycles. The van der Waals surface area contributed by atoms with Gasteiger partial charge in [0.15, 0.2) is 0 Å². The number of piperidine rings is 1. The van der Waals surface area contributed by atoms with Crippen LogP contribution in [0.2, 0.25) is 0 Å². The van der Waals surface area contributed by atoms with Gasteiger partial charge in [0, 0.05) is 18.8 Å². The number of nitrogens with zero attached hydrogens (tertiary/aromatic N) is 3. The number of likely N-dealkylation sites (tertiary alicyclic amines) is 1. The van der Waals surface area contributed by atoms with E-state index in [1.54, 1.807) is 0 Å². The topological polar surface area (TPSA) is 41.3 Å². The molecule has 25 heavy (non-hydrogen) atoms. The summed E-state index contributed by atoms with van der Waals surface area (Å²) >= 11 is 0. The predicted molar refractivity (Wildman–Crippen MR) is 102 cm³/mol. The third kappa shape index (κ3) is 4.71. The molecule has 4 heteroatoms. The van der Waals surface area contributed by atoms with Gasteiger partial charge in [-0.3, -0.25) is 9.58 Å². The Morgan fingerprint density at radius 3 is 2.32 bits per heavy atom. The van der Waals surface area contributed by atoms with E-state index in [-0.39, 0.29) is 0 Å². The molecule has 2 aromatic rings. The fraction of sp³-hybridized carbons (Fsp3) is 0.571. The maximum Gasteiger partial charge on any atom is 0.0662 e. The lowest BCUT2D eigenvalue weighted by molar-refractivity contribution is -0.0198. The predicted octanol–water partition coefficient (Wildman–Crippen LogP) is 3.53. The van der Waals surface area contributed by atoms with Crippen LogP contribution in [0, 0.1) is 19.8 Å². The molecule has 3 rings (SSSR count). The van der Waals surface area contributed by atoms with E-state index in [0.717, 1.165) is 38.3 Å². The van der Waals surface area contributed by atoms with E-state index in [1.807, 2.05) is 20.8 Å². The van der Waals surface area contributed by atoms with Crippen LogP contribution < -0.4 is 0 Å². The van der Waals surface area contributed by atoms with Crippen LogP contribution in [-0.4, -0.2) is 38.5 Å². The first-order valence-electron chi connectivity index (χ1n) is 9.35. The Hall–Kier alpha value is -1.65. The van der Waals surface area contributed by atoms with Crippen molar-refractivity contribution >= 4 is 0 Å². The van der Waals surface area contributed by atoms with E-state index < -0.39 is 5.60 Å². The summed E-state index contributed by atoms with van der Waals surface area (Å²) in [5.74, 6) is 0.367. The van der Waals surface area contributed by atoms with Crippen LogP contribution in [0.15, 0.2) is 30.3 Å². The lowest BCUT2D eigenvalue weighted by Gasteiger charge is -2.38. The van der Waals surface area contributed by atoms with Crippen LogP contribution in [0.25, 0.3) is 0 Å². The molecule has 4 nitrogen and oxygen atoms in total. The summed E-state index contributed by atoms with van der Waals surface area (Å²) in [5.41, 5.74) is 4.31. The molecular formula is C21H31N3O. The first-order valence-corrected chi connectivity index (χ1v) is 9.35. The van der Waals surface area contributed by atoms with Crippen LogP contribution in [0.1, 0.15) is 49.2 Å². The van der Waals surface area contributed by atoms with Gasteiger partial charge in [-0.1, -0.05) is 24.3 Å². The van der Waals surface area contributed by atoms with Gasteiger partial charge in [-0.15, -0.1) is 0 Å². The fourth-order valence-corrected chi connectivity index (χ4v) is 3.79. The van der Waals surface area contributed by atoms with Crippen molar-refractivity contribution in [3.05, 3.63) is 52.8 Å². The third-order valence-electron chi connectivity index (χ3n) is 5.37. The molecule has 1 aromatic carbocycles. The van der Waals surface area contributed by atoms with Gasteiger partial charge in [0.05, 0.1) is 17.8 Å². The molecule has 1 fully saturated rings. The fourth-order valence-electron chi connectivity index (χ4n) is 3.79. The van der Waals surface area contributed by atoms with Crippen molar-refractivity contribution in [2.75, 3.05) is 13.1 Å². The Morgan fingerprint density at radius 2 is 1.76 bits per heavy atom. The Kier molecular flexibility index (Phi) is 5.30. The summed E-state index contributed by atoms with van der Waals surface area (Å²) in [6.45, 7) is 11.9. The average molecular weight is 341 g/mol. The quantitative estimate of drug-likeness (QED) is 0.904. The van der Waals surface area contributed by atoms with Crippen molar-refractivity contribution in [1.82, 2.24) is 14.7 Å². The van der Waals surface area contributed by atoms with Gasteiger partial charge >= 0.3 is 0 Å². The van der Waals surface area contributed by atoms with E-state index in [1.165, 1.54) is 23.2 Å². The number of aliphatic hydroxyl groups is 1. The SMILES string of the molecule is Cc1cc(C)n(Cc2ccc(CN3CCCC(C(C)(C)O)C3)cc2)n1. The summed E-state index contributed by atoms with van der Waals surface area (Å²) < 4.78 is 2.06. The molecular weight excluding hydrogens is 310 g/mol. The monoisotopic (exact) mass is 341 g/mol. The van der Waals surface area contributed by atoms with E-state index in [2.05, 4.69) is 51.9 Å². The highest BCUT2D eigenvalue weighted by atomic mass is 16.3. The van der Waals surface area contributed by atoms with Crippen LogP contribution in [0.5, 0.6) is 0 Å². The molecule has 0 amide bonds. The molecule has 1 aliphatic heterocycles. The van der Waals surface area contributed by atoms with Crippen molar-refractivity contribution < 1.29 is 5.11 Å². The lowest BCUT2D eigenvalue weighted by atomic mass is 9.84. The molecule has 0 radical (unpaired) electrons. The maximum atomic E-state index is 10.3. The number of aryl methyl sites for hydroxylation is 2. The molecule has 0 spiro atoms. The number of aromatic nitrogens is 2. The number of benzene rings is 1. The minimum absolute atomic E-state index is 0.367. The average Bonchev–Trinajstić information content (AvgIpc) is 2.86. The summed E-state index contributed by atoms with van der Waals surface area (Å²) in [6.07, 6.45) is 2.30. The minimum Gasteiger partial charge on any atom is -0.390 e. The highest BCUT2D eigenvalue weighted by molar-refractivity contribution is 5.23. The molecule has 136 valence electrons. The summed E-state index contributed by atoms with van der Waals surface area (Å²) in [6, 6.07) is 11.0. The maximum absolute atomic E-state index is 10.3. The second-order valence-electron chi connectivity index (χ2n) is 8.13. The van der Waals surface area contributed by atoms with Crippen molar-refractivity contribution in [3.8, 4) is 0 Å². The molecule has 1 atom stereocenters. The third-order valence-corrected chi connectivity index (χ3v) is 5.37. The standard InChI is InChI=1S/C21H31N3O/c1-16-12-17(2)24(22-16)14-19-9-7-18(8-10-19)13-23-11-5-6-20(15-23)21(3,4)25/h7-10,12,20,25H,5-6,11,13-15H2,1-4H3. The van der Waals surface area contributed by atoms with Gasteiger partial charge in [0.1, 0.15) is 0 Å². The summed E-state index contributed by atoms with van der Waals surface area (Å²) in [4.78, 5) is 2.47. The van der Waals surface area contributed by atoms with Gasteiger partial charge in [0.2, 0.25) is 0 Å². The zero-order chi connectivity index (χ0) is 18.0. The lowest BCUT2D eigenvalue weighted by Crippen LogP contribution is -2.44. The second-order valence-corrected chi connectivity index (χ2v) is 8.13. The zero-order valence-corrected chi connectivity index (χ0v) is 16.0. The van der Waals surface area contributed by atoms with Gasteiger partial charge in [-0.25, -0.2) is 0 Å². The normalized spacial score (nSPS) is 19.3. The molecule has 1 aromatic heterocycles. The Balaban J connectivity index is 1.60. The van der Waals surface area contributed by atoms with E-state index in [9.17, 15) is 5.11 Å². The first-order chi connectivity index (χ1) is 11.8. The highest BCUT2D eigenvalue weighted by Crippen LogP contribution is 2.27.